The fraction of sp³-hybridized carbons (Fsp3) is 0.129. The first-order valence-corrected chi connectivity index (χ1v) is 13.2. The third-order valence-electron chi connectivity index (χ3n) is 6.08. The van der Waals surface area contributed by atoms with Gasteiger partial charge in [-0.15, -0.1) is 0 Å². The molecule has 0 saturated heterocycles. The number of carbonyl (C=O) groups is 1. The van der Waals surface area contributed by atoms with E-state index in [0.717, 1.165) is 21.0 Å². The number of hydrogen-bond donors (Lipinski definition) is 0. The molecule has 0 aliphatic heterocycles. The second-order valence-corrected chi connectivity index (χ2v) is 10.5. The van der Waals surface area contributed by atoms with Crippen LogP contribution in [-0.2, 0) is 14.8 Å². The van der Waals surface area contributed by atoms with Crippen molar-refractivity contribution in [2.75, 3.05) is 25.6 Å². The molecular formula is C31H27NO5S. The summed E-state index contributed by atoms with van der Waals surface area (Å²) >= 11 is 0. The van der Waals surface area contributed by atoms with Crippen molar-refractivity contribution >= 4 is 21.7 Å². The summed E-state index contributed by atoms with van der Waals surface area (Å²) in [6.45, 7) is 1.74. The number of sulfonamides is 1. The number of rotatable bonds is 6. The van der Waals surface area contributed by atoms with Crippen molar-refractivity contribution in [1.29, 1.82) is 0 Å². The second-order valence-electron chi connectivity index (χ2n) is 8.52. The van der Waals surface area contributed by atoms with Crippen LogP contribution in [0, 0.1) is 18.8 Å². The van der Waals surface area contributed by atoms with Crippen LogP contribution in [0.1, 0.15) is 27.0 Å². The highest BCUT2D eigenvalue weighted by Gasteiger charge is 2.27. The van der Waals surface area contributed by atoms with Gasteiger partial charge in [-0.25, -0.2) is 13.2 Å². The Labute approximate surface area is 223 Å². The van der Waals surface area contributed by atoms with Crippen LogP contribution in [0.5, 0.6) is 5.75 Å². The minimum Gasteiger partial charge on any atom is -0.497 e. The number of esters is 1. The van der Waals surface area contributed by atoms with Crippen LogP contribution in [0.15, 0.2) is 95.9 Å². The fourth-order valence-electron chi connectivity index (χ4n) is 4.08. The zero-order valence-corrected chi connectivity index (χ0v) is 22.4. The molecule has 38 heavy (non-hydrogen) atoms. The quantitative estimate of drug-likeness (QED) is 0.239. The first-order valence-electron chi connectivity index (χ1n) is 11.8. The topological polar surface area (TPSA) is 72.9 Å². The van der Waals surface area contributed by atoms with Gasteiger partial charge in [-0.05, 0) is 72.1 Å². The van der Waals surface area contributed by atoms with Crippen molar-refractivity contribution in [3.63, 3.8) is 0 Å². The minimum absolute atomic E-state index is 0.0684. The summed E-state index contributed by atoms with van der Waals surface area (Å²) in [5.41, 5.74) is 4.48. The number of nitrogens with zero attached hydrogens (tertiary/aromatic N) is 1. The van der Waals surface area contributed by atoms with Gasteiger partial charge in [0.15, 0.2) is 0 Å². The molecule has 0 radical (unpaired) electrons. The Bertz CT molecular complexity index is 1620. The van der Waals surface area contributed by atoms with E-state index in [9.17, 15) is 13.2 Å². The number of methoxy groups -OCH3 is 2. The summed E-state index contributed by atoms with van der Waals surface area (Å²) in [6, 6.07) is 27.3. The van der Waals surface area contributed by atoms with E-state index in [2.05, 4.69) is 11.8 Å². The average molecular weight is 526 g/mol. The monoisotopic (exact) mass is 525 g/mol. The van der Waals surface area contributed by atoms with Gasteiger partial charge in [0, 0.05) is 18.2 Å². The van der Waals surface area contributed by atoms with Crippen LogP contribution in [-0.4, -0.2) is 35.7 Å². The number of carbonyl (C=O) groups excluding carboxylic acids is 1. The molecule has 0 amide bonds. The minimum atomic E-state index is -3.96. The Morgan fingerprint density at radius 3 is 2.00 bits per heavy atom. The smallest absolute Gasteiger partial charge is 0.340 e. The lowest BCUT2D eigenvalue weighted by molar-refractivity contribution is 0.0601. The zero-order chi connectivity index (χ0) is 27.3. The molecule has 0 fully saturated rings. The molecule has 0 saturated carbocycles. The van der Waals surface area contributed by atoms with Crippen LogP contribution in [0.4, 0.5) is 5.69 Å². The number of hydrogen-bond acceptors (Lipinski definition) is 5. The fourth-order valence-corrected chi connectivity index (χ4v) is 5.36. The first-order chi connectivity index (χ1) is 18.2. The normalized spacial score (nSPS) is 10.7. The average Bonchev–Trinajstić information content (AvgIpc) is 2.95. The lowest BCUT2D eigenvalue weighted by Crippen LogP contribution is -2.29. The maximum Gasteiger partial charge on any atom is 0.340 e. The van der Waals surface area contributed by atoms with Crippen LogP contribution >= 0.6 is 0 Å². The molecule has 192 valence electrons. The molecule has 0 spiro atoms. The predicted octanol–water partition coefficient (Wildman–Crippen LogP) is 5.68. The van der Waals surface area contributed by atoms with Gasteiger partial charge < -0.3 is 9.47 Å². The molecule has 4 rings (SSSR count). The van der Waals surface area contributed by atoms with E-state index in [4.69, 9.17) is 9.47 Å². The van der Waals surface area contributed by atoms with Gasteiger partial charge in [0.2, 0.25) is 0 Å². The Morgan fingerprint density at radius 2 is 1.39 bits per heavy atom. The molecule has 7 heteroatoms. The molecule has 4 aromatic rings. The molecule has 4 aromatic carbocycles. The summed E-state index contributed by atoms with van der Waals surface area (Å²) in [5, 5.41) is 0. The number of anilines is 1. The molecular weight excluding hydrogens is 498 g/mol. The summed E-state index contributed by atoms with van der Waals surface area (Å²) in [6.07, 6.45) is 0. The SMILES string of the molecule is COC(=O)c1cc(C#Cc2ccc(-c3ccccc3)cc2)cc(C)c1N(C)S(=O)(=O)c1ccc(OC)cc1. The van der Waals surface area contributed by atoms with Crippen LogP contribution < -0.4 is 9.04 Å². The molecule has 0 aromatic heterocycles. The molecule has 0 bridgehead atoms. The van der Waals surface area contributed by atoms with E-state index in [1.54, 1.807) is 31.2 Å². The maximum atomic E-state index is 13.4. The van der Waals surface area contributed by atoms with Crippen molar-refractivity contribution in [3.8, 4) is 28.7 Å². The molecule has 0 heterocycles. The van der Waals surface area contributed by atoms with Crippen molar-refractivity contribution in [1.82, 2.24) is 0 Å². The van der Waals surface area contributed by atoms with Crippen molar-refractivity contribution in [2.24, 2.45) is 0 Å². The third kappa shape index (κ3) is 5.56. The molecule has 0 aliphatic carbocycles. The lowest BCUT2D eigenvalue weighted by Gasteiger charge is -2.24. The van der Waals surface area contributed by atoms with Crippen molar-refractivity contribution in [2.45, 2.75) is 11.8 Å². The molecule has 0 N–H and O–H groups in total. The predicted molar refractivity (Wildman–Crippen MR) is 149 cm³/mol. The van der Waals surface area contributed by atoms with Crippen molar-refractivity contribution < 1.29 is 22.7 Å². The van der Waals surface area contributed by atoms with Gasteiger partial charge in [0.1, 0.15) is 5.75 Å². The first kappa shape index (κ1) is 26.5. The van der Waals surface area contributed by atoms with Crippen LogP contribution in [0.2, 0.25) is 0 Å². The van der Waals surface area contributed by atoms with Gasteiger partial charge in [-0.3, -0.25) is 4.31 Å². The Kier molecular flexibility index (Phi) is 7.85. The number of benzene rings is 4. The van der Waals surface area contributed by atoms with E-state index < -0.39 is 16.0 Å². The highest BCUT2D eigenvalue weighted by molar-refractivity contribution is 7.92. The largest absolute Gasteiger partial charge is 0.497 e. The van der Waals surface area contributed by atoms with Gasteiger partial charge in [-0.1, -0.05) is 54.3 Å². The summed E-state index contributed by atoms with van der Waals surface area (Å²) < 4.78 is 38.0. The Hall–Kier alpha value is -4.54. The van der Waals surface area contributed by atoms with E-state index >= 15 is 0 Å². The van der Waals surface area contributed by atoms with E-state index in [1.165, 1.54) is 33.4 Å². The standard InChI is InChI=1S/C31H27NO5S/c1-22-20-24(11-10-23-12-14-26(15-13-23)25-8-6-5-7-9-25)21-29(31(33)37-4)30(22)32(2)38(34,35)28-18-16-27(36-3)17-19-28/h5-9,12-21H,1-4H3. The van der Waals surface area contributed by atoms with Gasteiger partial charge >= 0.3 is 5.97 Å². The second kappa shape index (κ2) is 11.2. The van der Waals surface area contributed by atoms with E-state index in [-0.39, 0.29) is 16.1 Å². The Morgan fingerprint density at radius 1 is 0.789 bits per heavy atom. The number of ether oxygens (including phenoxy) is 2. The van der Waals surface area contributed by atoms with Gasteiger partial charge in [0.25, 0.3) is 10.0 Å². The van der Waals surface area contributed by atoms with Gasteiger partial charge in [-0.2, -0.15) is 0 Å². The summed E-state index contributed by atoms with van der Waals surface area (Å²) in [4.78, 5) is 12.8. The summed E-state index contributed by atoms with van der Waals surface area (Å²) in [7, 11) is 0.208. The summed E-state index contributed by atoms with van der Waals surface area (Å²) in [5.74, 6) is 6.09. The zero-order valence-electron chi connectivity index (χ0n) is 21.6. The van der Waals surface area contributed by atoms with E-state index in [1.807, 2.05) is 54.6 Å². The third-order valence-corrected chi connectivity index (χ3v) is 7.85. The van der Waals surface area contributed by atoms with Crippen LogP contribution in [0.25, 0.3) is 11.1 Å². The highest BCUT2D eigenvalue weighted by Crippen LogP contribution is 2.31. The lowest BCUT2D eigenvalue weighted by atomic mass is 10.0. The van der Waals surface area contributed by atoms with Crippen LogP contribution in [0.3, 0.4) is 0 Å². The molecule has 0 atom stereocenters. The maximum absolute atomic E-state index is 13.4. The Balaban J connectivity index is 1.68. The van der Waals surface area contributed by atoms with Crippen molar-refractivity contribution in [3.05, 3.63) is 113 Å². The number of aryl methyl sites for hydroxylation is 1. The molecule has 6 nitrogen and oxygen atoms in total. The highest BCUT2D eigenvalue weighted by atomic mass is 32.2. The van der Waals surface area contributed by atoms with Gasteiger partial charge in [0.05, 0.1) is 30.4 Å². The van der Waals surface area contributed by atoms with E-state index in [0.29, 0.717) is 16.9 Å². The molecule has 0 aliphatic rings. The molecule has 0 unspecified atom stereocenters.